The molecule has 1 aromatic heterocycles. The second-order valence-electron chi connectivity index (χ2n) is 5.09. The molecule has 0 bridgehead atoms. The lowest BCUT2D eigenvalue weighted by Gasteiger charge is -2.40. The predicted octanol–water partition coefficient (Wildman–Crippen LogP) is 3.91. The number of hydrogen-bond acceptors (Lipinski definition) is 1. The zero-order valence-electron chi connectivity index (χ0n) is 9.71. The molecule has 3 heteroatoms. The van der Waals surface area contributed by atoms with E-state index in [9.17, 15) is 0 Å². The highest BCUT2D eigenvalue weighted by Gasteiger charge is 2.35. The van der Waals surface area contributed by atoms with Gasteiger partial charge in [-0.15, -0.1) is 0 Å². The average Bonchev–Trinajstić information content (AvgIpc) is 2.53. The first-order chi connectivity index (χ1) is 7.62. The Balaban J connectivity index is 2.36. The molecule has 16 heavy (non-hydrogen) atoms. The van der Waals surface area contributed by atoms with Gasteiger partial charge in [-0.3, -0.25) is 0 Å². The van der Waals surface area contributed by atoms with E-state index < -0.39 is 0 Å². The molecular formula is C13H16N2S. The summed E-state index contributed by atoms with van der Waals surface area (Å²) in [6.45, 7) is 4.43. The number of imidazole rings is 1. The van der Waals surface area contributed by atoms with E-state index in [1.165, 1.54) is 35.9 Å². The van der Waals surface area contributed by atoms with Crippen LogP contribution in [0.1, 0.15) is 31.7 Å². The number of aryl methyl sites for hydroxylation is 1. The van der Waals surface area contributed by atoms with Gasteiger partial charge in [0, 0.05) is 5.54 Å². The molecule has 0 atom stereocenters. The van der Waals surface area contributed by atoms with Crippen molar-refractivity contribution in [2.24, 2.45) is 0 Å². The molecule has 0 saturated heterocycles. The Bertz CT molecular complexity index is 602. The summed E-state index contributed by atoms with van der Waals surface area (Å²) in [5.41, 5.74) is 3.96. The molecule has 1 fully saturated rings. The number of nitrogens with zero attached hydrogens (tertiary/aromatic N) is 1. The molecule has 0 spiro atoms. The van der Waals surface area contributed by atoms with Crippen LogP contribution in [0.15, 0.2) is 18.2 Å². The number of fused-ring (bicyclic) bond motifs is 1. The lowest BCUT2D eigenvalue weighted by atomic mass is 9.78. The molecule has 1 aliphatic rings. The topological polar surface area (TPSA) is 20.7 Å². The van der Waals surface area contributed by atoms with Crippen molar-refractivity contribution in [3.8, 4) is 0 Å². The molecule has 0 aliphatic heterocycles. The van der Waals surface area contributed by atoms with Crippen LogP contribution in [0.25, 0.3) is 11.0 Å². The quantitative estimate of drug-likeness (QED) is 0.739. The van der Waals surface area contributed by atoms with Gasteiger partial charge in [-0.05, 0) is 57.0 Å². The number of aromatic amines is 1. The Kier molecular flexibility index (Phi) is 2.02. The number of para-hydroxylation sites is 1. The summed E-state index contributed by atoms with van der Waals surface area (Å²) in [5, 5.41) is 0. The maximum absolute atomic E-state index is 5.47. The van der Waals surface area contributed by atoms with Gasteiger partial charge in [0.2, 0.25) is 0 Å². The molecule has 1 saturated carbocycles. The lowest BCUT2D eigenvalue weighted by molar-refractivity contribution is 0.172. The maximum atomic E-state index is 5.47. The first kappa shape index (κ1) is 10.1. The Morgan fingerprint density at radius 3 is 2.75 bits per heavy atom. The molecular weight excluding hydrogens is 216 g/mol. The number of benzene rings is 1. The Morgan fingerprint density at radius 1 is 1.38 bits per heavy atom. The van der Waals surface area contributed by atoms with Gasteiger partial charge in [0.25, 0.3) is 0 Å². The molecule has 84 valence electrons. The summed E-state index contributed by atoms with van der Waals surface area (Å²) in [6, 6.07) is 6.40. The van der Waals surface area contributed by atoms with Gasteiger partial charge >= 0.3 is 0 Å². The van der Waals surface area contributed by atoms with Crippen LogP contribution in [0.5, 0.6) is 0 Å². The third-order valence-electron chi connectivity index (χ3n) is 3.90. The number of rotatable bonds is 1. The van der Waals surface area contributed by atoms with E-state index in [0.29, 0.717) is 0 Å². The van der Waals surface area contributed by atoms with Crippen molar-refractivity contribution in [1.82, 2.24) is 9.55 Å². The molecule has 2 aromatic rings. The third-order valence-corrected chi connectivity index (χ3v) is 4.18. The normalized spacial score (nSPS) is 18.6. The van der Waals surface area contributed by atoms with Crippen molar-refractivity contribution in [2.45, 2.75) is 38.6 Å². The minimum atomic E-state index is 0.239. The Hall–Kier alpha value is -1.09. The highest BCUT2D eigenvalue weighted by molar-refractivity contribution is 7.71. The number of hydrogen-bond donors (Lipinski definition) is 1. The Labute approximate surface area is 100 Å². The number of aromatic nitrogens is 2. The SMILES string of the molecule is Cc1cccc2c1[nH]c(=S)n2C1(C)CCC1. The van der Waals surface area contributed by atoms with Gasteiger partial charge in [-0.1, -0.05) is 12.1 Å². The van der Waals surface area contributed by atoms with Crippen LogP contribution in [0.3, 0.4) is 0 Å². The van der Waals surface area contributed by atoms with Crippen LogP contribution >= 0.6 is 12.2 Å². The predicted molar refractivity (Wildman–Crippen MR) is 69.4 cm³/mol. The summed E-state index contributed by atoms with van der Waals surface area (Å²) < 4.78 is 3.18. The van der Waals surface area contributed by atoms with Crippen molar-refractivity contribution < 1.29 is 0 Å². The minimum Gasteiger partial charge on any atom is -0.330 e. The summed E-state index contributed by atoms with van der Waals surface area (Å²) >= 11 is 5.47. The van der Waals surface area contributed by atoms with Crippen molar-refractivity contribution in [3.05, 3.63) is 28.5 Å². The van der Waals surface area contributed by atoms with E-state index in [1.807, 2.05) is 0 Å². The van der Waals surface area contributed by atoms with Gasteiger partial charge in [-0.2, -0.15) is 0 Å². The molecule has 1 heterocycles. The zero-order valence-corrected chi connectivity index (χ0v) is 10.5. The molecule has 0 amide bonds. The summed E-state index contributed by atoms with van der Waals surface area (Å²) in [7, 11) is 0. The lowest BCUT2D eigenvalue weighted by Crippen LogP contribution is -2.37. The van der Waals surface area contributed by atoms with Crippen LogP contribution in [0, 0.1) is 11.7 Å². The molecule has 1 aromatic carbocycles. The van der Waals surface area contributed by atoms with Crippen LogP contribution in [-0.2, 0) is 5.54 Å². The standard InChI is InChI=1S/C13H16N2S/c1-9-5-3-6-10-11(9)14-12(16)15(10)13(2)7-4-8-13/h3,5-6H,4,7-8H2,1-2H3,(H,14,16). The smallest absolute Gasteiger partial charge is 0.178 e. The fourth-order valence-electron chi connectivity index (χ4n) is 2.72. The van der Waals surface area contributed by atoms with Gasteiger partial charge < -0.3 is 9.55 Å². The first-order valence-electron chi connectivity index (χ1n) is 5.83. The van der Waals surface area contributed by atoms with Gasteiger partial charge in [0.1, 0.15) is 0 Å². The molecule has 2 nitrogen and oxygen atoms in total. The third kappa shape index (κ3) is 1.21. The summed E-state index contributed by atoms with van der Waals surface area (Å²) in [5.74, 6) is 0. The molecule has 0 radical (unpaired) electrons. The van der Waals surface area contributed by atoms with Crippen molar-refractivity contribution in [2.75, 3.05) is 0 Å². The van der Waals surface area contributed by atoms with E-state index >= 15 is 0 Å². The summed E-state index contributed by atoms with van der Waals surface area (Å²) in [4.78, 5) is 3.35. The second kappa shape index (κ2) is 3.20. The minimum absolute atomic E-state index is 0.239. The van der Waals surface area contributed by atoms with Crippen LogP contribution < -0.4 is 0 Å². The van der Waals surface area contributed by atoms with Crippen molar-refractivity contribution >= 4 is 23.3 Å². The monoisotopic (exact) mass is 232 g/mol. The average molecular weight is 232 g/mol. The number of H-pyrrole nitrogens is 1. The van der Waals surface area contributed by atoms with E-state index in [4.69, 9.17) is 12.2 Å². The summed E-state index contributed by atoms with van der Waals surface area (Å²) in [6.07, 6.45) is 3.79. The van der Waals surface area contributed by atoms with E-state index in [2.05, 4.69) is 41.6 Å². The fourth-order valence-corrected chi connectivity index (χ4v) is 3.14. The van der Waals surface area contributed by atoms with Crippen molar-refractivity contribution in [3.63, 3.8) is 0 Å². The second-order valence-corrected chi connectivity index (χ2v) is 5.47. The van der Waals surface area contributed by atoms with Crippen LogP contribution in [-0.4, -0.2) is 9.55 Å². The van der Waals surface area contributed by atoms with Crippen LogP contribution in [0.4, 0.5) is 0 Å². The van der Waals surface area contributed by atoms with E-state index in [-0.39, 0.29) is 5.54 Å². The van der Waals surface area contributed by atoms with E-state index in [1.54, 1.807) is 0 Å². The van der Waals surface area contributed by atoms with Gasteiger partial charge in [0.15, 0.2) is 4.77 Å². The molecule has 3 rings (SSSR count). The zero-order chi connectivity index (χ0) is 11.3. The highest BCUT2D eigenvalue weighted by atomic mass is 32.1. The Morgan fingerprint density at radius 2 is 2.12 bits per heavy atom. The maximum Gasteiger partial charge on any atom is 0.178 e. The molecule has 0 unspecified atom stereocenters. The van der Waals surface area contributed by atoms with Gasteiger partial charge in [0.05, 0.1) is 11.0 Å². The van der Waals surface area contributed by atoms with Crippen LogP contribution in [0.2, 0.25) is 0 Å². The number of nitrogens with one attached hydrogen (secondary N) is 1. The van der Waals surface area contributed by atoms with E-state index in [0.717, 1.165) is 4.77 Å². The molecule has 1 N–H and O–H groups in total. The fraction of sp³-hybridized carbons (Fsp3) is 0.462. The first-order valence-corrected chi connectivity index (χ1v) is 6.23. The van der Waals surface area contributed by atoms with Gasteiger partial charge in [-0.25, -0.2) is 0 Å². The molecule has 1 aliphatic carbocycles. The highest BCUT2D eigenvalue weighted by Crippen LogP contribution is 2.41. The largest absolute Gasteiger partial charge is 0.330 e. The van der Waals surface area contributed by atoms with Crippen molar-refractivity contribution in [1.29, 1.82) is 0 Å².